The van der Waals surface area contributed by atoms with E-state index in [1.165, 1.54) is 16.4 Å². The Labute approximate surface area is 193 Å². The van der Waals surface area contributed by atoms with Gasteiger partial charge in [-0.1, -0.05) is 35.0 Å². The second-order valence-electron chi connectivity index (χ2n) is 7.08. The summed E-state index contributed by atoms with van der Waals surface area (Å²) in [6.07, 6.45) is 0.420. The molecule has 1 saturated heterocycles. The molecule has 1 fully saturated rings. The summed E-state index contributed by atoms with van der Waals surface area (Å²) in [5.41, 5.74) is 7.08. The van der Waals surface area contributed by atoms with E-state index in [1.54, 1.807) is 36.4 Å². The molecule has 1 aromatic heterocycles. The number of hydrogen-bond donors (Lipinski definition) is 2. The average molecular weight is 497 g/mol. The van der Waals surface area contributed by atoms with Crippen molar-refractivity contribution in [1.29, 1.82) is 0 Å². The highest BCUT2D eigenvalue weighted by Crippen LogP contribution is 2.39. The number of sulfone groups is 1. The lowest BCUT2D eigenvalue weighted by Crippen LogP contribution is -2.16. The van der Waals surface area contributed by atoms with Crippen molar-refractivity contribution in [2.24, 2.45) is 0 Å². The van der Waals surface area contributed by atoms with E-state index in [9.17, 15) is 13.2 Å². The third-order valence-electron chi connectivity index (χ3n) is 4.84. The van der Waals surface area contributed by atoms with Crippen LogP contribution in [0, 0.1) is 0 Å². The van der Waals surface area contributed by atoms with Crippen LogP contribution in [0.1, 0.15) is 22.8 Å². The fourth-order valence-electron chi connectivity index (χ4n) is 3.26. The summed E-state index contributed by atoms with van der Waals surface area (Å²) in [6.45, 7) is 0. The zero-order chi connectivity index (χ0) is 22.2. The van der Waals surface area contributed by atoms with E-state index in [4.69, 9.17) is 28.9 Å². The molecule has 1 unspecified atom stereocenters. The Morgan fingerprint density at radius 2 is 1.71 bits per heavy atom. The number of nitrogens with two attached hydrogens (primary N) is 1. The van der Waals surface area contributed by atoms with E-state index in [2.05, 4.69) is 10.4 Å². The molecule has 2 heterocycles. The fraction of sp³-hybridized carbons (Fsp3) is 0.200. The van der Waals surface area contributed by atoms with Crippen molar-refractivity contribution in [3.63, 3.8) is 0 Å². The summed E-state index contributed by atoms with van der Waals surface area (Å²) >= 11 is 13.2. The minimum absolute atomic E-state index is 0.0332. The third kappa shape index (κ3) is 5.01. The van der Waals surface area contributed by atoms with Gasteiger partial charge >= 0.3 is 0 Å². The molecular formula is C20H18Cl2N4O3S2. The van der Waals surface area contributed by atoms with Crippen molar-refractivity contribution in [2.75, 3.05) is 22.6 Å². The van der Waals surface area contributed by atoms with E-state index in [0.717, 1.165) is 4.90 Å². The van der Waals surface area contributed by atoms with Gasteiger partial charge in [-0.15, -0.1) is 0 Å². The fourth-order valence-corrected chi connectivity index (χ4v) is 6.09. The van der Waals surface area contributed by atoms with Crippen LogP contribution in [0.2, 0.25) is 10.0 Å². The zero-order valence-corrected chi connectivity index (χ0v) is 19.2. The maximum atomic E-state index is 12.8. The van der Waals surface area contributed by atoms with E-state index in [1.807, 2.05) is 12.1 Å². The number of halogens is 2. The number of benzene rings is 2. The molecule has 1 aliphatic heterocycles. The highest BCUT2D eigenvalue weighted by Gasteiger charge is 2.33. The number of nitrogens with one attached hydrogen (secondary N) is 1. The summed E-state index contributed by atoms with van der Waals surface area (Å²) in [7, 11) is -3.14. The average Bonchev–Trinajstić information content (AvgIpc) is 3.24. The molecule has 31 heavy (non-hydrogen) atoms. The molecule has 0 saturated carbocycles. The maximum Gasteiger partial charge on any atom is 0.255 e. The molecule has 3 aromatic rings. The second kappa shape index (κ2) is 8.74. The third-order valence-corrected chi connectivity index (χ3v) is 8.08. The molecule has 0 radical (unpaired) electrons. The van der Waals surface area contributed by atoms with Crippen LogP contribution in [-0.4, -0.2) is 35.6 Å². The Balaban J connectivity index is 1.69. The number of rotatable bonds is 5. The summed E-state index contributed by atoms with van der Waals surface area (Å²) in [4.78, 5) is 13.6. The van der Waals surface area contributed by atoms with Crippen molar-refractivity contribution in [1.82, 2.24) is 9.78 Å². The molecule has 1 atom stereocenters. The molecule has 11 heteroatoms. The van der Waals surface area contributed by atoms with Gasteiger partial charge in [-0.05, 0) is 55.0 Å². The van der Waals surface area contributed by atoms with Gasteiger partial charge in [-0.2, -0.15) is 5.10 Å². The Morgan fingerprint density at radius 1 is 1.10 bits per heavy atom. The number of nitrogen functional groups attached to an aromatic ring is 1. The lowest BCUT2D eigenvalue weighted by Gasteiger charge is -2.11. The first kappa shape index (κ1) is 22.0. The van der Waals surface area contributed by atoms with Crippen molar-refractivity contribution in [3.05, 3.63) is 64.1 Å². The van der Waals surface area contributed by atoms with Gasteiger partial charge in [-0.25, -0.2) is 13.1 Å². The number of amides is 1. The molecule has 1 amide bonds. The van der Waals surface area contributed by atoms with E-state index >= 15 is 0 Å². The van der Waals surface area contributed by atoms with E-state index < -0.39 is 9.84 Å². The smallest absolute Gasteiger partial charge is 0.255 e. The van der Waals surface area contributed by atoms with Crippen LogP contribution < -0.4 is 11.1 Å². The molecule has 162 valence electrons. The molecule has 0 aliphatic carbocycles. The van der Waals surface area contributed by atoms with Crippen LogP contribution in [0.3, 0.4) is 0 Å². The normalized spacial score (nSPS) is 17.5. The summed E-state index contributed by atoms with van der Waals surface area (Å²) < 4.78 is 25.4. The number of nitrogens with zero attached hydrogens (tertiary/aromatic N) is 2. The minimum atomic E-state index is -3.14. The van der Waals surface area contributed by atoms with Gasteiger partial charge in [0, 0.05) is 20.5 Å². The van der Waals surface area contributed by atoms with Crippen LogP contribution in [0.15, 0.2) is 58.5 Å². The first-order valence-corrected chi connectivity index (χ1v) is 12.7. The summed E-state index contributed by atoms with van der Waals surface area (Å²) in [5.74, 6) is -0.113. The van der Waals surface area contributed by atoms with Gasteiger partial charge in [0.2, 0.25) is 0 Å². The monoisotopic (exact) mass is 496 g/mol. The Morgan fingerprint density at radius 3 is 2.29 bits per heavy atom. The predicted molar refractivity (Wildman–Crippen MR) is 124 cm³/mol. The van der Waals surface area contributed by atoms with Crippen LogP contribution in [0.4, 0.5) is 11.5 Å². The molecule has 4 rings (SSSR count). The molecule has 0 bridgehead atoms. The molecular weight excluding hydrogens is 479 g/mol. The molecule has 2 aromatic carbocycles. The Kier molecular flexibility index (Phi) is 6.20. The lowest BCUT2D eigenvalue weighted by molar-refractivity contribution is 0.102. The molecule has 3 N–H and O–H groups in total. The summed E-state index contributed by atoms with van der Waals surface area (Å²) in [5, 5.41) is 8.96. The first-order valence-electron chi connectivity index (χ1n) is 9.30. The largest absolute Gasteiger partial charge is 0.382 e. The number of aromatic nitrogens is 2. The quantitative estimate of drug-likeness (QED) is 0.536. The van der Waals surface area contributed by atoms with Gasteiger partial charge < -0.3 is 11.1 Å². The van der Waals surface area contributed by atoms with Gasteiger partial charge in [-0.3, -0.25) is 4.79 Å². The van der Waals surface area contributed by atoms with Crippen molar-refractivity contribution >= 4 is 62.2 Å². The molecule has 1 aliphatic rings. The van der Waals surface area contributed by atoms with Crippen molar-refractivity contribution < 1.29 is 13.2 Å². The van der Waals surface area contributed by atoms with Gasteiger partial charge in [0.1, 0.15) is 16.5 Å². The first-order chi connectivity index (χ1) is 14.7. The highest BCUT2D eigenvalue weighted by atomic mass is 35.5. The number of carbonyl (C=O) groups excluding carboxylic acids is 1. The Hall–Kier alpha value is -2.20. The topological polar surface area (TPSA) is 107 Å². The number of hydrogen-bond acceptors (Lipinski definition) is 6. The SMILES string of the molecule is Nc1c(NC(=O)c2ccc(Cl)cc2)c(Sc2ccc(Cl)cc2)nn1C1CCS(=O)(=O)C1. The zero-order valence-electron chi connectivity index (χ0n) is 16.1. The maximum absolute atomic E-state index is 12.8. The van der Waals surface area contributed by atoms with Crippen LogP contribution in [-0.2, 0) is 9.84 Å². The lowest BCUT2D eigenvalue weighted by atomic mass is 10.2. The van der Waals surface area contributed by atoms with Crippen molar-refractivity contribution in [2.45, 2.75) is 22.4 Å². The van der Waals surface area contributed by atoms with Gasteiger partial charge in [0.25, 0.3) is 5.91 Å². The van der Waals surface area contributed by atoms with E-state index in [0.29, 0.717) is 32.7 Å². The predicted octanol–water partition coefficient (Wildman–Crippen LogP) is 4.54. The van der Waals surface area contributed by atoms with Gasteiger partial charge in [0.05, 0.1) is 17.5 Å². The Bertz CT molecular complexity index is 1230. The molecule has 7 nitrogen and oxygen atoms in total. The second-order valence-corrected chi connectivity index (χ2v) is 11.2. The molecule has 0 spiro atoms. The van der Waals surface area contributed by atoms with E-state index in [-0.39, 0.29) is 29.3 Å². The van der Waals surface area contributed by atoms with Crippen LogP contribution in [0.5, 0.6) is 0 Å². The highest BCUT2D eigenvalue weighted by molar-refractivity contribution is 7.99. The standard InChI is InChI=1S/C20H18Cl2N4O3S2/c21-13-3-1-12(2-4-13)19(27)24-17-18(23)26(15-9-10-31(28,29)11-15)25-20(17)30-16-7-5-14(22)6-8-16/h1-8,15H,9-11,23H2,(H,24,27). The van der Waals surface area contributed by atoms with Gasteiger partial charge in [0.15, 0.2) is 9.84 Å². The minimum Gasteiger partial charge on any atom is -0.382 e. The number of carbonyl (C=O) groups is 1. The van der Waals surface area contributed by atoms with Crippen LogP contribution >= 0.6 is 35.0 Å². The number of anilines is 2. The van der Waals surface area contributed by atoms with Crippen molar-refractivity contribution in [3.8, 4) is 0 Å². The summed E-state index contributed by atoms with van der Waals surface area (Å²) in [6, 6.07) is 13.2. The van der Waals surface area contributed by atoms with Crippen LogP contribution in [0.25, 0.3) is 0 Å².